The van der Waals surface area contributed by atoms with Crippen molar-refractivity contribution in [2.24, 2.45) is 16.6 Å². The molecule has 1 aromatic rings. The summed E-state index contributed by atoms with van der Waals surface area (Å²) in [5.41, 5.74) is 4.81. The molecule has 0 aromatic heterocycles. The van der Waals surface area contributed by atoms with Gasteiger partial charge in [-0.05, 0) is 19.4 Å². The summed E-state index contributed by atoms with van der Waals surface area (Å²) in [4.78, 5) is 4.46. The molecule has 1 saturated heterocycles. The molecule has 1 fully saturated rings. The normalized spacial score (nSPS) is 28.6. The minimum absolute atomic E-state index is 0.0327. The number of hydrogen-bond acceptors (Lipinski definition) is 5. The quantitative estimate of drug-likeness (QED) is 0.750. The summed E-state index contributed by atoms with van der Waals surface area (Å²) >= 11 is 1.37. The summed E-state index contributed by atoms with van der Waals surface area (Å²) in [7, 11) is 0. The molecule has 3 N–H and O–H groups in total. The van der Waals surface area contributed by atoms with Crippen molar-refractivity contribution in [2.45, 2.75) is 37.7 Å². The highest BCUT2D eigenvalue weighted by Gasteiger charge is 2.49. The van der Waals surface area contributed by atoms with Crippen LogP contribution in [0.2, 0.25) is 0 Å². The van der Waals surface area contributed by atoms with E-state index in [1.54, 1.807) is 0 Å². The van der Waals surface area contributed by atoms with Gasteiger partial charge in [-0.1, -0.05) is 11.8 Å². The van der Waals surface area contributed by atoms with Crippen molar-refractivity contribution >= 4 is 16.9 Å². The third kappa shape index (κ3) is 4.38. The number of benzene rings is 1. The number of alkyl halides is 3. The van der Waals surface area contributed by atoms with Crippen LogP contribution in [-0.2, 0) is 16.8 Å². The van der Waals surface area contributed by atoms with Crippen LogP contribution in [0.25, 0.3) is 0 Å². The number of rotatable bonds is 4. The van der Waals surface area contributed by atoms with Crippen LogP contribution in [-0.4, -0.2) is 36.4 Å². The van der Waals surface area contributed by atoms with Crippen molar-refractivity contribution in [3.8, 4) is 0 Å². The summed E-state index contributed by atoms with van der Waals surface area (Å²) in [6, 6.07) is 1.93. The molecule has 1 aromatic carbocycles. The first-order chi connectivity index (χ1) is 12.6. The molecule has 3 rings (SSSR count). The summed E-state index contributed by atoms with van der Waals surface area (Å²) in [6.07, 6.45) is -3.83. The number of nitrogens with zero attached hydrogens (tertiary/aromatic N) is 1. The Kier molecular flexibility index (Phi) is 5.69. The number of thioether (sulfide) groups is 1. The minimum atomic E-state index is -4.42. The highest BCUT2D eigenvalue weighted by atomic mass is 32.2. The van der Waals surface area contributed by atoms with Gasteiger partial charge in [-0.3, -0.25) is 0 Å². The van der Waals surface area contributed by atoms with Gasteiger partial charge in [-0.2, -0.15) is 13.2 Å². The third-order valence-corrected chi connectivity index (χ3v) is 5.82. The zero-order chi connectivity index (χ0) is 19.8. The van der Waals surface area contributed by atoms with Crippen LogP contribution < -0.4 is 11.1 Å². The van der Waals surface area contributed by atoms with Gasteiger partial charge in [0.2, 0.25) is 0 Å². The lowest BCUT2D eigenvalue weighted by Gasteiger charge is -2.45. The molecule has 27 heavy (non-hydrogen) atoms. The minimum Gasteiger partial charge on any atom is -0.379 e. The lowest BCUT2D eigenvalue weighted by atomic mass is 9.74. The molecule has 10 heteroatoms. The lowest BCUT2D eigenvalue weighted by molar-refractivity contribution is -0.125. The Morgan fingerprint density at radius 2 is 2.07 bits per heavy atom. The van der Waals surface area contributed by atoms with E-state index < -0.39 is 29.9 Å². The van der Waals surface area contributed by atoms with Crippen LogP contribution in [0.15, 0.2) is 17.1 Å². The molecule has 0 amide bonds. The maximum absolute atomic E-state index is 14.7. The average Bonchev–Trinajstić information content (AvgIpc) is 2.56. The molecule has 3 atom stereocenters. The Labute approximate surface area is 157 Å². The van der Waals surface area contributed by atoms with Crippen LogP contribution in [0.4, 0.5) is 22.0 Å². The number of hydrogen-bond donors (Lipinski definition) is 2. The Hall–Kier alpha value is -1.39. The van der Waals surface area contributed by atoms with Gasteiger partial charge in [0, 0.05) is 35.4 Å². The topological polar surface area (TPSA) is 59.6 Å². The molecule has 150 valence electrons. The van der Waals surface area contributed by atoms with Gasteiger partial charge in [0.25, 0.3) is 0 Å². The van der Waals surface area contributed by atoms with Gasteiger partial charge < -0.3 is 15.8 Å². The van der Waals surface area contributed by atoms with Crippen LogP contribution >= 0.6 is 11.8 Å². The molecule has 2 heterocycles. The fourth-order valence-electron chi connectivity index (χ4n) is 3.55. The van der Waals surface area contributed by atoms with Crippen molar-refractivity contribution in [3.05, 3.63) is 34.9 Å². The SMILES string of the molecule is C[C@H]1CC2CSC(N)=NC2(c2cc(CNCC(F)(F)F)c(F)cc2F)CO1. The number of aliphatic imine (C=N–C) groups is 1. The largest absolute Gasteiger partial charge is 0.401 e. The van der Waals surface area contributed by atoms with Crippen LogP contribution in [0, 0.1) is 17.6 Å². The van der Waals surface area contributed by atoms with E-state index in [0.717, 1.165) is 0 Å². The van der Waals surface area contributed by atoms with E-state index in [4.69, 9.17) is 10.5 Å². The first-order valence-electron chi connectivity index (χ1n) is 8.46. The van der Waals surface area contributed by atoms with E-state index in [1.807, 2.05) is 6.92 Å². The number of ether oxygens (including phenoxy) is 1. The Balaban J connectivity index is 1.96. The third-order valence-electron chi connectivity index (χ3n) is 4.87. The lowest BCUT2D eigenvalue weighted by Crippen LogP contribution is -2.50. The maximum Gasteiger partial charge on any atom is 0.401 e. The van der Waals surface area contributed by atoms with Crippen molar-refractivity contribution in [2.75, 3.05) is 18.9 Å². The maximum atomic E-state index is 14.7. The molecular formula is C17H20F5N3OS. The fourth-order valence-corrected chi connectivity index (χ4v) is 4.56. The first-order valence-corrected chi connectivity index (χ1v) is 9.45. The van der Waals surface area contributed by atoms with Gasteiger partial charge in [-0.15, -0.1) is 0 Å². The molecular weight excluding hydrogens is 389 g/mol. The number of fused-ring (bicyclic) bond motifs is 1. The highest BCUT2D eigenvalue weighted by molar-refractivity contribution is 8.13. The monoisotopic (exact) mass is 409 g/mol. The van der Waals surface area contributed by atoms with E-state index in [1.165, 1.54) is 17.8 Å². The fraction of sp³-hybridized carbons (Fsp3) is 0.588. The Morgan fingerprint density at radius 1 is 1.33 bits per heavy atom. The zero-order valence-corrected chi connectivity index (χ0v) is 15.4. The number of nitrogens with one attached hydrogen (secondary N) is 1. The first kappa shape index (κ1) is 20.3. The van der Waals surface area contributed by atoms with E-state index in [2.05, 4.69) is 10.3 Å². The van der Waals surface area contributed by atoms with E-state index in [9.17, 15) is 22.0 Å². The second kappa shape index (κ2) is 7.56. The summed E-state index contributed by atoms with van der Waals surface area (Å²) in [5, 5.41) is 2.42. The van der Waals surface area contributed by atoms with E-state index >= 15 is 0 Å². The van der Waals surface area contributed by atoms with Gasteiger partial charge in [0.05, 0.1) is 19.3 Å². The molecule has 4 nitrogen and oxygen atoms in total. The predicted octanol–water partition coefficient (Wildman–Crippen LogP) is 3.30. The number of amidine groups is 1. The second-order valence-electron chi connectivity index (χ2n) is 6.88. The molecule has 0 saturated carbocycles. The van der Waals surface area contributed by atoms with Gasteiger partial charge in [0.1, 0.15) is 17.2 Å². The molecule has 0 radical (unpaired) electrons. The molecule has 2 unspecified atom stereocenters. The Bertz CT molecular complexity index is 742. The summed E-state index contributed by atoms with van der Waals surface area (Å²) in [5.74, 6) is -1.18. The highest BCUT2D eigenvalue weighted by Crippen LogP contribution is 2.46. The standard InChI is InChI=1S/C17H20F5N3OS/c1-9-2-11-6-27-15(23)25-16(11,8-26-9)12-3-10(13(18)4-14(12)19)5-24-7-17(20,21)22/h3-4,9,11,24H,2,5-8H2,1H3,(H2,23,25)/t9-,11?,16?/m0/s1. The Morgan fingerprint density at radius 3 is 2.78 bits per heavy atom. The van der Waals surface area contributed by atoms with Gasteiger partial charge in [0.15, 0.2) is 5.17 Å². The zero-order valence-electron chi connectivity index (χ0n) is 14.6. The van der Waals surface area contributed by atoms with E-state index in [0.29, 0.717) is 18.2 Å². The van der Waals surface area contributed by atoms with Gasteiger partial charge >= 0.3 is 6.18 Å². The smallest absolute Gasteiger partial charge is 0.379 e. The molecule has 2 aliphatic heterocycles. The number of nitrogens with two attached hydrogens (primary N) is 1. The van der Waals surface area contributed by atoms with Crippen molar-refractivity contribution in [1.29, 1.82) is 0 Å². The second-order valence-corrected chi connectivity index (χ2v) is 7.92. The van der Waals surface area contributed by atoms with Crippen LogP contribution in [0.5, 0.6) is 0 Å². The number of halogens is 5. The predicted molar refractivity (Wildman–Crippen MR) is 93.4 cm³/mol. The molecule has 0 bridgehead atoms. The van der Waals surface area contributed by atoms with Crippen molar-refractivity contribution in [3.63, 3.8) is 0 Å². The molecule has 0 spiro atoms. The van der Waals surface area contributed by atoms with Crippen molar-refractivity contribution < 1.29 is 26.7 Å². The van der Waals surface area contributed by atoms with Gasteiger partial charge in [-0.25, -0.2) is 13.8 Å². The van der Waals surface area contributed by atoms with E-state index in [-0.39, 0.29) is 41.5 Å². The average molecular weight is 409 g/mol. The molecule has 0 aliphatic carbocycles. The summed E-state index contributed by atoms with van der Waals surface area (Å²) in [6.45, 7) is 0.335. The molecule has 2 aliphatic rings. The van der Waals surface area contributed by atoms with Crippen LogP contribution in [0.1, 0.15) is 24.5 Å². The summed E-state index contributed by atoms with van der Waals surface area (Å²) < 4.78 is 71.5. The van der Waals surface area contributed by atoms with Crippen LogP contribution in [0.3, 0.4) is 0 Å². The van der Waals surface area contributed by atoms with Crippen molar-refractivity contribution in [1.82, 2.24) is 5.32 Å².